The van der Waals surface area contributed by atoms with Gasteiger partial charge in [-0.1, -0.05) is 6.07 Å². The van der Waals surface area contributed by atoms with E-state index in [1.165, 1.54) is 0 Å². The molecule has 0 amide bonds. The van der Waals surface area contributed by atoms with Crippen LogP contribution in [0, 0.1) is 11.3 Å². The molecule has 2 atom stereocenters. The minimum absolute atomic E-state index is 0.0447. The van der Waals surface area contributed by atoms with Crippen LogP contribution in [-0.2, 0) is 4.79 Å². The van der Waals surface area contributed by atoms with Crippen molar-refractivity contribution in [3.05, 3.63) is 23.8 Å². The first kappa shape index (κ1) is 15.5. The molecular weight excluding hydrogens is 292 g/mol. The molecule has 7 heteroatoms. The zero-order valence-electron chi connectivity index (χ0n) is 11.5. The van der Waals surface area contributed by atoms with Crippen LogP contribution in [0.3, 0.4) is 0 Å². The second-order valence-corrected chi connectivity index (χ2v) is 5.49. The Hall–Kier alpha value is -1.91. The summed E-state index contributed by atoms with van der Waals surface area (Å²) in [4.78, 5) is 11.0. The number of nitrogens with one attached hydrogen (secondary N) is 1. The zero-order valence-corrected chi connectivity index (χ0v) is 12.4. The normalized spacial score (nSPS) is 20.8. The molecule has 0 unspecified atom stereocenters. The van der Waals surface area contributed by atoms with Gasteiger partial charge in [-0.05, 0) is 24.6 Å². The van der Waals surface area contributed by atoms with E-state index in [4.69, 9.17) is 19.8 Å². The van der Waals surface area contributed by atoms with Crippen LogP contribution < -0.4 is 14.8 Å². The van der Waals surface area contributed by atoms with Gasteiger partial charge in [0.2, 0.25) is 0 Å². The molecule has 1 aromatic carbocycles. The van der Waals surface area contributed by atoms with Gasteiger partial charge in [-0.25, -0.2) is 0 Å². The summed E-state index contributed by atoms with van der Waals surface area (Å²) in [6, 6.07) is 6.80. The number of carbonyl (C=O) groups is 1. The van der Waals surface area contributed by atoms with Gasteiger partial charge in [0, 0.05) is 5.75 Å². The van der Waals surface area contributed by atoms with Crippen LogP contribution in [0.1, 0.15) is 17.9 Å². The number of carboxylic acid groups (broad SMARTS) is 1. The van der Waals surface area contributed by atoms with Gasteiger partial charge in [-0.15, -0.1) is 11.8 Å². The van der Waals surface area contributed by atoms with E-state index >= 15 is 0 Å². The van der Waals surface area contributed by atoms with E-state index < -0.39 is 12.0 Å². The number of thioether (sulfide) groups is 1. The SMILES string of the molecule is CCOc1cc([C@@H]2N[C@@H](C(=O)O)CS2)ccc1OCC#N. The molecule has 6 nitrogen and oxygen atoms in total. The molecule has 21 heavy (non-hydrogen) atoms. The summed E-state index contributed by atoms with van der Waals surface area (Å²) in [7, 11) is 0. The average Bonchev–Trinajstić information content (AvgIpc) is 2.96. The van der Waals surface area contributed by atoms with E-state index in [1.54, 1.807) is 17.8 Å². The Morgan fingerprint density at radius 2 is 2.33 bits per heavy atom. The number of ether oxygens (including phenoxy) is 2. The quantitative estimate of drug-likeness (QED) is 0.827. The molecule has 0 bridgehead atoms. The molecule has 0 aromatic heterocycles. The summed E-state index contributed by atoms with van der Waals surface area (Å²) in [6.45, 7) is 2.30. The second-order valence-electron chi connectivity index (χ2n) is 4.36. The van der Waals surface area contributed by atoms with Gasteiger partial charge >= 0.3 is 5.97 Å². The van der Waals surface area contributed by atoms with Gasteiger partial charge in [-0.3, -0.25) is 10.1 Å². The van der Waals surface area contributed by atoms with Crippen molar-refractivity contribution in [1.29, 1.82) is 5.26 Å². The topological polar surface area (TPSA) is 91.6 Å². The molecule has 1 fully saturated rings. The number of nitriles is 1. The highest BCUT2D eigenvalue weighted by molar-refractivity contribution is 7.99. The molecular formula is C14H16N2O4S. The van der Waals surface area contributed by atoms with Crippen LogP contribution in [0.15, 0.2) is 18.2 Å². The van der Waals surface area contributed by atoms with Crippen molar-refractivity contribution in [3.63, 3.8) is 0 Å². The number of hydrogen-bond acceptors (Lipinski definition) is 6. The molecule has 0 saturated carbocycles. The van der Waals surface area contributed by atoms with E-state index in [-0.39, 0.29) is 12.0 Å². The summed E-state index contributed by atoms with van der Waals surface area (Å²) >= 11 is 1.54. The van der Waals surface area contributed by atoms with Crippen molar-refractivity contribution < 1.29 is 19.4 Å². The van der Waals surface area contributed by atoms with Crippen molar-refractivity contribution in [2.75, 3.05) is 19.0 Å². The highest BCUT2D eigenvalue weighted by Crippen LogP contribution is 2.37. The number of nitrogens with zero attached hydrogens (tertiary/aromatic N) is 1. The van der Waals surface area contributed by atoms with Gasteiger partial charge in [0.05, 0.1) is 12.0 Å². The van der Waals surface area contributed by atoms with E-state index in [0.717, 1.165) is 5.56 Å². The molecule has 1 aromatic rings. The lowest BCUT2D eigenvalue weighted by atomic mass is 10.2. The summed E-state index contributed by atoms with van der Waals surface area (Å²) in [5, 5.41) is 20.5. The minimum Gasteiger partial charge on any atom is -0.490 e. The fourth-order valence-electron chi connectivity index (χ4n) is 1.99. The Morgan fingerprint density at radius 1 is 1.52 bits per heavy atom. The van der Waals surface area contributed by atoms with Crippen molar-refractivity contribution >= 4 is 17.7 Å². The summed E-state index contributed by atoms with van der Waals surface area (Å²) < 4.78 is 10.8. The summed E-state index contributed by atoms with van der Waals surface area (Å²) in [5.41, 5.74) is 0.927. The maximum atomic E-state index is 11.0. The van der Waals surface area contributed by atoms with Crippen LogP contribution in [0.5, 0.6) is 11.5 Å². The lowest BCUT2D eigenvalue weighted by Crippen LogP contribution is -2.33. The monoisotopic (exact) mass is 308 g/mol. The number of hydrogen-bond donors (Lipinski definition) is 2. The first-order chi connectivity index (χ1) is 10.2. The molecule has 1 heterocycles. The van der Waals surface area contributed by atoms with Crippen molar-refractivity contribution in [1.82, 2.24) is 5.32 Å². The molecule has 112 valence electrons. The third-order valence-corrected chi connectivity index (χ3v) is 4.21. The van der Waals surface area contributed by atoms with Crippen LogP contribution in [0.4, 0.5) is 0 Å². The Kier molecular flexibility index (Phi) is 5.31. The van der Waals surface area contributed by atoms with E-state index in [9.17, 15) is 4.79 Å². The molecule has 1 aliphatic rings. The fraction of sp³-hybridized carbons (Fsp3) is 0.429. The fourth-order valence-corrected chi connectivity index (χ4v) is 3.21. The molecule has 2 rings (SSSR count). The van der Waals surface area contributed by atoms with E-state index in [0.29, 0.717) is 23.9 Å². The van der Waals surface area contributed by atoms with Crippen LogP contribution in [-0.4, -0.2) is 36.1 Å². The standard InChI is InChI=1S/C14H16N2O4S/c1-2-19-12-7-9(3-4-11(12)20-6-5-15)13-16-10(8-21-13)14(17)18/h3-4,7,10,13,16H,2,6,8H2,1H3,(H,17,18)/t10-,13-/m1/s1. The minimum atomic E-state index is -0.844. The molecule has 0 radical (unpaired) electrons. The maximum Gasteiger partial charge on any atom is 0.321 e. The van der Waals surface area contributed by atoms with Crippen molar-refractivity contribution in [2.45, 2.75) is 18.3 Å². The van der Waals surface area contributed by atoms with Crippen molar-refractivity contribution in [2.24, 2.45) is 0 Å². The van der Waals surface area contributed by atoms with E-state index in [2.05, 4.69) is 5.32 Å². The number of rotatable bonds is 6. The molecule has 1 aliphatic heterocycles. The Labute approximate surface area is 127 Å². The Morgan fingerprint density at radius 3 is 2.95 bits per heavy atom. The van der Waals surface area contributed by atoms with Crippen molar-refractivity contribution in [3.8, 4) is 17.6 Å². The first-order valence-electron chi connectivity index (χ1n) is 6.52. The molecule has 1 saturated heterocycles. The first-order valence-corrected chi connectivity index (χ1v) is 7.57. The second kappa shape index (κ2) is 7.20. The largest absolute Gasteiger partial charge is 0.490 e. The maximum absolute atomic E-state index is 11.0. The molecule has 0 aliphatic carbocycles. The molecule has 0 spiro atoms. The molecule has 2 N–H and O–H groups in total. The van der Waals surface area contributed by atoms with Gasteiger partial charge in [0.25, 0.3) is 0 Å². The average molecular weight is 308 g/mol. The van der Waals surface area contributed by atoms with Gasteiger partial charge in [-0.2, -0.15) is 5.26 Å². The van der Waals surface area contributed by atoms with Crippen LogP contribution >= 0.6 is 11.8 Å². The number of benzene rings is 1. The zero-order chi connectivity index (χ0) is 15.2. The summed E-state index contributed by atoms with van der Waals surface area (Å²) in [5.74, 6) is 0.756. The number of carboxylic acids is 1. The highest BCUT2D eigenvalue weighted by Gasteiger charge is 2.30. The Bertz CT molecular complexity index is 558. The predicted molar refractivity (Wildman–Crippen MR) is 78.5 cm³/mol. The third-order valence-electron chi connectivity index (χ3n) is 2.94. The number of aliphatic carboxylic acids is 1. The highest BCUT2D eigenvalue weighted by atomic mass is 32.2. The third kappa shape index (κ3) is 3.80. The van der Waals surface area contributed by atoms with Crippen LogP contribution in [0.2, 0.25) is 0 Å². The van der Waals surface area contributed by atoms with Gasteiger partial charge < -0.3 is 14.6 Å². The Balaban J connectivity index is 2.16. The smallest absolute Gasteiger partial charge is 0.321 e. The van der Waals surface area contributed by atoms with E-state index in [1.807, 2.05) is 25.1 Å². The lowest BCUT2D eigenvalue weighted by molar-refractivity contribution is -0.138. The van der Waals surface area contributed by atoms with Crippen LogP contribution in [0.25, 0.3) is 0 Å². The van der Waals surface area contributed by atoms with Gasteiger partial charge in [0.1, 0.15) is 12.1 Å². The van der Waals surface area contributed by atoms with Gasteiger partial charge in [0.15, 0.2) is 18.1 Å². The predicted octanol–water partition coefficient (Wildman–Crippen LogP) is 1.78. The summed E-state index contributed by atoms with van der Waals surface area (Å²) in [6.07, 6.45) is 0. The lowest BCUT2D eigenvalue weighted by Gasteiger charge is -2.15.